The lowest BCUT2D eigenvalue weighted by Crippen LogP contribution is -2.16. The summed E-state index contributed by atoms with van der Waals surface area (Å²) in [6.45, 7) is 5.17. The van der Waals surface area contributed by atoms with Gasteiger partial charge in [-0.2, -0.15) is 5.10 Å². The highest BCUT2D eigenvalue weighted by Gasteiger charge is 2.15. The van der Waals surface area contributed by atoms with Gasteiger partial charge in [-0.05, 0) is 13.0 Å². The Morgan fingerprint density at radius 1 is 1.67 bits per heavy atom. The van der Waals surface area contributed by atoms with E-state index >= 15 is 0 Å². The Morgan fingerprint density at radius 3 is 2.83 bits per heavy atom. The van der Waals surface area contributed by atoms with Crippen LogP contribution in [0, 0.1) is 0 Å². The van der Waals surface area contributed by atoms with E-state index in [-0.39, 0.29) is 0 Å². The first-order valence-corrected chi connectivity index (χ1v) is 3.99. The van der Waals surface area contributed by atoms with Crippen molar-refractivity contribution in [1.29, 1.82) is 0 Å². The highest BCUT2D eigenvalue weighted by molar-refractivity contribution is 6.69. The third kappa shape index (κ3) is 1.68. The van der Waals surface area contributed by atoms with E-state index in [1.807, 2.05) is 6.92 Å². The highest BCUT2D eigenvalue weighted by Crippen LogP contribution is 2.23. The number of rotatable bonds is 1. The fourth-order valence-corrected chi connectivity index (χ4v) is 1.27. The first kappa shape index (κ1) is 9.29. The zero-order valence-electron chi connectivity index (χ0n) is 6.46. The predicted octanol–water partition coefficient (Wildman–Crippen LogP) is 2.50. The average Bonchev–Trinajstić information content (AvgIpc) is 2.03. The van der Waals surface area contributed by atoms with Gasteiger partial charge < -0.3 is 0 Å². The van der Waals surface area contributed by atoms with Crippen molar-refractivity contribution in [1.82, 2.24) is 5.01 Å². The molecule has 0 saturated heterocycles. The van der Waals surface area contributed by atoms with E-state index < -0.39 is 0 Å². The molecule has 0 aromatic carbocycles. The molecule has 0 N–H and O–H groups in total. The Morgan fingerprint density at radius 2 is 2.33 bits per heavy atom. The SMILES string of the molecule is C=NN1C(Cl)=CC(Cl)=N/C1=C/C. The molecule has 0 fully saturated rings. The highest BCUT2D eigenvalue weighted by atomic mass is 35.5. The summed E-state index contributed by atoms with van der Waals surface area (Å²) in [5.74, 6) is 0.572. The first-order valence-electron chi connectivity index (χ1n) is 3.23. The van der Waals surface area contributed by atoms with Gasteiger partial charge in [-0.3, -0.25) is 0 Å². The van der Waals surface area contributed by atoms with Crippen LogP contribution < -0.4 is 0 Å². The number of aliphatic imine (C=N–C) groups is 1. The molecule has 1 aliphatic rings. The quantitative estimate of drug-likeness (QED) is 0.476. The molecule has 0 bridgehead atoms. The molecule has 1 aliphatic heterocycles. The molecule has 1 rings (SSSR count). The van der Waals surface area contributed by atoms with Crippen molar-refractivity contribution >= 4 is 35.1 Å². The third-order valence-electron chi connectivity index (χ3n) is 1.28. The van der Waals surface area contributed by atoms with Crippen molar-refractivity contribution in [2.75, 3.05) is 0 Å². The van der Waals surface area contributed by atoms with Gasteiger partial charge >= 0.3 is 0 Å². The van der Waals surface area contributed by atoms with Gasteiger partial charge in [-0.15, -0.1) is 0 Å². The lowest BCUT2D eigenvalue weighted by molar-refractivity contribution is 0.478. The standard InChI is InChI=1S/C7H7Cl2N3/c1-3-7-11-5(8)4-6(9)12(7)10-2/h3-4H,2H2,1H3/b7-3-. The molecule has 0 atom stereocenters. The molecule has 64 valence electrons. The Kier molecular flexibility index (Phi) is 2.89. The van der Waals surface area contributed by atoms with Crippen molar-refractivity contribution < 1.29 is 0 Å². The lowest BCUT2D eigenvalue weighted by Gasteiger charge is -2.20. The van der Waals surface area contributed by atoms with E-state index in [1.54, 1.807) is 6.08 Å². The Balaban J connectivity index is 3.07. The number of nitrogens with zero attached hydrogens (tertiary/aromatic N) is 3. The second-order valence-electron chi connectivity index (χ2n) is 2.00. The van der Waals surface area contributed by atoms with Gasteiger partial charge in [0.2, 0.25) is 0 Å². The van der Waals surface area contributed by atoms with E-state index in [9.17, 15) is 0 Å². The molecule has 3 nitrogen and oxygen atoms in total. The minimum absolute atomic E-state index is 0.341. The van der Waals surface area contributed by atoms with Crippen molar-refractivity contribution in [2.24, 2.45) is 10.1 Å². The van der Waals surface area contributed by atoms with E-state index in [1.165, 1.54) is 11.1 Å². The zero-order chi connectivity index (χ0) is 9.14. The number of hydrogen-bond acceptors (Lipinski definition) is 3. The van der Waals surface area contributed by atoms with Gasteiger partial charge in [-0.1, -0.05) is 23.2 Å². The number of hydrogen-bond donors (Lipinski definition) is 0. The maximum Gasteiger partial charge on any atom is 0.152 e. The molecule has 0 spiro atoms. The largest absolute Gasteiger partial charge is 0.217 e. The number of hydrazone groups is 1. The summed E-state index contributed by atoms with van der Waals surface area (Å²) in [6.07, 6.45) is 3.25. The summed E-state index contributed by atoms with van der Waals surface area (Å²) in [5, 5.41) is 5.79. The van der Waals surface area contributed by atoms with Crippen LogP contribution >= 0.6 is 23.2 Å². The second kappa shape index (κ2) is 3.74. The topological polar surface area (TPSA) is 28.0 Å². The minimum atomic E-state index is 0.341. The summed E-state index contributed by atoms with van der Waals surface area (Å²) in [4.78, 5) is 3.98. The smallest absolute Gasteiger partial charge is 0.152 e. The molecule has 0 saturated carbocycles. The molecule has 0 radical (unpaired) electrons. The number of allylic oxidation sites excluding steroid dienone is 2. The van der Waals surface area contributed by atoms with E-state index in [2.05, 4.69) is 16.8 Å². The molecule has 5 heteroatoms. The third-order valence-corrected chi connectivity index (χ3v) is 1.74. The number of halogens is 2. The fourth-order valence-electron chi connectivity index (χ4n) is 0.785. The monoisotopic (exact) mass is 203 g/mol. The molecule has 0 aromatic heterocycles. The summed E-state index contributed by atoms with van der Waals surface area (Å²) >= 11 is 11.5. The van der Waals surface area contributed by atoms with Crippen LogP contribution in [0.4, 0.5) is 0 Å². The van der Waals surface area contributed by atoms with Crippen LogP contribution in [0.3, 0.4) is 0 Å². The van der Waals surface area contributed by atoms with Crippen LogP contribution in [-0.2, 0) is 0 Å². The van der Waals surface area contributed by atoms with Crippen LogP contribution in [0.25, 0.3) is 0 Å². The molecule has 0 aliphatic carbocycles. The summed E-state index contributed by atoms with van der Waals surface area (Å²) in [7, 11) is 0. The second-order valence-corrected chi connectivity index (χ2v) is 2.78. The van der Waals surface area contributed by atoms with Crippen molar-refractivity contribution in [3.63, 3.8) is 0 Å². The van der Waals surface area contributed by atoms with Crippen LogP contribution in [-0.4, -0.2) is 16.9 Å². The van der Waals surface area contributed by atoms with E-state index in [0.29, 0.717) is 16.1 Å². The summed E-state index contributed by atoms with van der Waals surface area (Å²) in [5.41, 5.74) is 0. The van der Waals surface area contributed by atoms with Gasteiger partial charge in [-0.25, -0.2) is 10.0 Å². The Labute approximate surface area is 80.7 Å². The molecule has 0 amide bonds. The summed E-state index contributed by atoms with van der Waals surface area (Å²) in [6, 6.07) is 0. The molecule has 0 aromatic rings. The van der Waals surface area contributed by atoms with Crippen LogP contribution in [0.1, 0.15) is 6.92 Å². The predicted molar refractivity (Wildman–Crippen MR) is 52.4 cm³/mol. The van der Waals surface area contributed by atoms with Crippen LogP contribution in [0.2, 0.25) is 0 Å². The van der Waals surface area contributed by atoms with E-state index in [4.69, 9.17) is 23.2 Å². The minimum Gasteiger partial charge on any atom is -0.217 e. The van der Waals surface area contributed by atoms with Gasteiger partial charge in [0, 0.05) is 12.8 Å². The van der Waals surface area contributed by atoms with Crippen LogP contribution in [0.15, 0.2) is 33.2 Å². The maximum atomic E-state index is 5.80. The summed E-state index contributed by atoms with van der Waals surface area (Å²) < 4.78 is 0. The lowest BCUT2D eigenvalue weighted by atomic mass is 10.5. The van der Waals surface area contributed by atoms with Gasteiger partial charge in [0.25, 0.3) is 0 Å². The Hall–Kier alpha value is -0.800. The van der Waals surface area contributed by atoms with Crippen LogP contribution in [0.5, 0.6) is 0 Å². The molecule has 1 heterocycles. The van der Waals surface area contributed by atoms with Gasteiger partial charge in [0.05, 0.1) is 0 Å². The molecule has 12 heavy (non-hydrogen) atoms. The Bertz CT molecular complexity index is 291. The average molecular weight is 204 g/mol. The zero-order valence-corrected chi connectivity index (χ0v) is 7.97. The molecule has 0 unspecified atom stereocenters. The van der Waals surface area contributed by atoms with Crippen molar-refractivity contribution in [2.45, 2.75) is 6.92 Å². The van der Waals surface area contributed by atoms with Gasteiger partial charge in [0.1, 0.15) is 10.3 Å². The first-order chi connectivity index (χ1) is 5.69. The van der Waals surface area contributed by atoms with E-state index in [0.717, 1.165) is 0 Å². The van der Waals surface area contributed by atoms with Crippen molar-refractivity contribution in [3.8, 4) is 0 Å². The fraction of sp³-hybridized carbons (Fsp3) is 0.143. The molecular weight excluding hydrogens is 197 g/mol. The van der Waals surface area contributed by atoms with Gasteiger partial charge in [0.15, 0.2) is 5.82 Å². The van der Waals surface area contributed by atoms with Crippen molar-refractivity contribution in [3.05, 3.63) is 23.1 Å². The molecular formula is C7H7Cl2N3. The maximum absolute atomic E-state index is 5.80. The normalized spacial score (nSPS) is 20.6.